The molecule has 0 heterocycles. The maximum absolute atomic E-state index is 11.8. The summed E-state index contributed by atoms with van der Waals surface area (Å²) >= 11 is 5.93. The molecule has 0 aliphatic carbocycles. The van der Waals surface area contributed by atoms with Crippen molar-refractivity contribution < 1.29 is 9.53 Å². The van der Waals surface area contributed by atoms with E-state index in [2.05, 4.69) is 17.6 Å². The Morgan fingerprint density at radius 1 is 1.42 bits per heavy atom. The average molecular weight is 285 g/mol. The molecule has 1 unspecified atom stereocenters. The Labute approximate surface area is 119 Å². The molecule has 1 rings (SSSR count). The third-order valence-corrected chi connectivity index (χ3v) is 2.97. The molecule has 5 heteroatoms. The molecule has 19 heavy (non-hydrogen) atoms. The van der Waals surface area contributed by atoms with Crippen LogP contribution in [0.2, 0.25) is 5.02 Å². The number of rotatable bonds is 7. The maximum Gasteiger partial charge on any atom is 0.238 e. The fourth-order valence-corrected chi connectivity index (χ4v) is 1.66. The molecule has 4 nitrogen and oxygen atoms in total. The van der Waals surface area contributed by atoms with Gasteiger partial charge in [-0.2, -0.15) is 0 Å². The standard InChI is InChI=1S/C14H21ClN2O2/c1-4-10(3)16-9-14(18)17-12-8-11(15)6-7-13(12)19-5-2/h6-8,10,16H,4-5,9H2,1-3H3,(H,17,18). The smallest absolute Gasteiger partial charge is 0.238 e. The van der Waals surface area contributed by atoms with E-state index in [1.165, 1.54) is 0 Å². The van der Waals surface area contributed by atoms with Crippen molar-refractivity contribution in [1.29, 1.82) is 0 Å². The van der Waals surface area contributed by atoms with Gasteiger partial charge in [-0.15, -0.1) is 0 Å². The van der Waals surface area contributed by atoms with Crippen molar-refractivity contribution >= 4 is 23.2 Å². The zero-order valence-electron chi connectivity index (χ0n) is 11.6. The van der Waals surface area contributed by atoms with E-state index in [1.54, 1.807) is 18.2 Å². The lowest BCUT2D eigenvalue weighted by atomic mass is 10.2. The van der Waals surface area contributed by atoms with Gasteiger partial charge in [-0.25, -0.2) is 0 Å². The highest BCUT2D eigenvalue weighted by Crippen LogP contribution is 2.27. The van der Waals surface area contributed by atoms with Crippen LogP contribution in [0.25, 0.3) is 0 Å². The second-order valence-electron chi connectivity index (χ2n) is 4.31. The molecule has 0 saturated carbocycles. The molecule has 0 radical (unpaired) electrons. The fourth-order valence-electron chi connectivity index (χ4n) is 1.49. The summed E-state index contributed by atoms with van der Waals surface area (Å²) in [6, 6.07) is 5.49. The Bertz CT molecular complexity index is 424. The normalized spacial score (nSPS) is 12.0. The first-order valence-electron chi connectivity index (χ1n) is 6.52. The lowest BCUT2D eigenvalue weighted by molar-refractivity contribution is -0.115. The van der Waals surface area contributed by atoms with Gasteiger partial charge in [0.05, 0.1) is 18.8 Å². The minimum Gasteiger partial charge on any atom is -0.492 e. The first kappa shape index (κ1) is 15.8. The molecule has 0 aliphatic heterocycles. The molecular formula is C14H21ClN2O2. The number of anilines is 1. The summed E-state index contributed by atoms with van der Waals surface area (Å²) in [5, 5.41) is 6.50. The molecule has 1 aromatic rings. The van der Waals surface area contributed by atoms with Crippen molar-refractivity contribution in [2.75, 3.05) is 18.5 Å². The minimum absolute atomic E-state index is 0.108. The second-order valence-corrected chi connectivity index (χ2v) is 4.75. The van der Waals surface area contributed by atoms with Crippen molar-refractivity contribution in [3.63, 3.8) is 0 Å². The first-order valence-corrected chi connectivity index (χ1v) is 6.90. The summed E-state index contributed by atoms with van der Waals surface area (Å²) in [5.41, 5.74) is 0.602. The lowest BCUT2D eigenvalue weighted by Crippen LogP contribution is -2.34. The molecule has 0 aromatic heterocycles. The number of ether oxygens (including phenoxy) is 1. The number of halogens is 1. The topological polar surface area (TPSA) is 50.4 Å². The van der Waals surface area contributed by atoms with Gasteiger partial charge >= 0.3 is 0 Å². The van der Waals surface area contributed by atoms with Gasteiger partial charge in [0, 0.05) is 11.1 Å². The predicted molar refractivity (Wildman–Crippen MR) is 79.0 cm³/mol. The van der Waals surface area contributed by atoms with E-state index in [0.29, 0.717) is 29.1 Å². The number of nitrogens with one attached hydrogen (secondary N) is 2. The first-order chi connectivity index (χ1) is 9.06. The van der Waals surface area contributed by atoms with E-state index >= 15 is 0 Å². The van der Waals surface area contributed by atoms with Crippen molar-refractivity contribution in [2.45, 2.75) is 33.2 Å². The largest absolute Gasteiger partial charge is 0.492 e. The van der Waals surface area contributed by atoms with Crippen LogP contribution in [-0.2, 0) is 4.79 Å². The minimum atomic E-state index is -0.108. The summed E-state index contributed by atoms with van der Waals surface area (Å²) in [7, 11) is 0. The number of carbonyl (C=O) groups excluding carboxylic acids is 1. The van der Waals surface area contributed by atoms with Crippen LogP contribution in [-0.4, -0.2) is 25.1 Å². The second kappa shape index (κ2) is 8.02. The van der Waals surface area contributed by atoms with Crippen LogP contribution in [0.3, 0.4) is 0 Å². The molecule has 106 valence electrons. The molecule has 0 saturated heterocycles. The van der Waals surface area contributed by atoms with Crippen LogP contribution in [0, 0.1) is 0 Å². The van der Waals surface area contributed by atoms with Gasteiger partial charge in [0.1, 0.15) is 5.75 Å². The average Bonchev–Trinajstić information content (AvgIpc) is 2.39. The third-order valence-electron chi connectivity index (χ3n) is 2.74. The van der Waals surface area contributed by atoms with Gasteiger partial charge in [0.15, 0.2) is 0 Å². The Hall–Kier alpha value is -1.26. The molecular weight excluding hydrogens is 264 g/mol. The number of amides is 1. The van der Waals surface area contributed by atoms with E-state index in [-0.39, 0.29) is 12.5 Å². The van der Waals surface area contributed by atoms with Crippen molar-refractivity contribution in [2.24, 2.45) is 0 Å². The molecule has 1 amide bonds. The summed E-state index contributed by atoms with van der Waals surface area (Å²) in [6.45, 7) is 6.81. The highest BCUT2D eigenvalue weighted by molar-refractivity contribution is 6.31. The van der Waals surface area contributed by atoms with E-state index in [0.717, 1.165) is 6.42 Å². The molecule has 1 atom stereocenters. The monoisotopic (exact) mass is 284 g/mol. The third kappa shape index (κ3) is 5.49. The Morgan fingerprint density at radius 3 is 2.79 bits per heavy atom. The highest BCUT2D eigenvalue weighted by atomic mass is 35.5. The molecule has 0 fully saturated rings. The number of carbonyl (C=O) groups is 1. The fraction of sp³-hybridized carbons (Fsp3) is 0.500. The predicted octanol–water partition coefficient (Wildman–Crippen LogP) is 3.07. The van der Waals surface area contributed by atoms with E-state index < -0.39 is 0 Å². The van der Waals surface area contributed by atoms with E-state index in [9.17, 15) is 4.79 Å². The number of hydrogen-bond acceptors (Lipinski definition) is 3. The lowest BCUT2D eigenvalue weighted by Gasteiger charge is -2.14. The maximum atomic E-state index is 11.8. The van der Waals surface area contributed by atoms with Crippen LogP contribution in [0.5, 0.6) is 5.75 Å². The van der Waals surface area contributed by atoms with E-state index in [1.807, 2.05) is 13.8 Å². The zero-order valence-corrected chi connectivity index (χ0v) is 12.4. The highest BCUT2D eigenvalue weighted by Gasteiger charge is 2.09. The Morgan fingerprint density at radius 2 is 2.16 bits per heavy atom. The van der Waals surface area contributed by atoms with E-state index in [4.69, 9.17) is 16.3 Å². The Balaban J connectivity index is 2.64. The van der Waals surface area contributed by atoms with Crippen LogP contribution in [0.15, 0.2) is 18.2 Å². The number of benzene rings is 1. The molecule has 1 aromatic carbocycles. The van der Waals surface area contributed by atoms with Crippen LogP contribution >= 0.6 is 11.6 Å². The van der Waals surface area contributed by atoms with Crippen LogP contribution in [0.1, 0.15) is 27.2 Å². The van der Waals surface area contributed by atoms with Crippen LogP contribution in [0.4, 0.5) is 5.69 Å². The summed E-state index contributed by atoms with van der Waals surface area (Å²) in [5.74, 6) is 0.521. The van der Waals surface area contributed by atoms with Crippen molar-refractivity contribution in [1.82, 2.24) is 5.32 Å². The van der Waals surface area contributed by atoms with Gasteiger partial charge in [-0.3, -0.25) is 4.79 Å². The molecule has 0 aliphatic rings. The van der Waals surface area contributed by atoms with Gasteiger partial charge < -0.3 is 15.4 Å². The quantitative estimate of drug-likeness (QED) is 0.809. The van der Waals surface area contributed by atoms with Gasteiger partial charge in [-0.05, 0) is 38.5 Å². The number of hydrogen-bond donors (Lipinski definition) is 2. The zero-order chi connectivity index (χ0) is 14.3. The van der Waals surface area contributed by atoms with Crippen LogP contribution < -0.4 is 15.4 Å². The summed E-state index contributed by atoms with van der Waals surface area (Å²) < 4.78 is 5.45. The van der Waals surface area contributed by atoms with Gasteiger partial charge in [0.2, 0.25) is 5.91 Å². The van der Waals surface area contributed by atoms with Gasteiger partial charge in [0.25, 0.3) is 0 Å². The van der Waals surface area contributed by atoms with Gasteiger partial charge in [-0.1, -0.05) is 18.5 Å². The molecule has 0 bridgehead atoms. The SMILES string of the molecule is CCOc1ccc(Cl)cc1NC(=O)CNC(C)CC. The van der Waals surface area contributed by atoms with Crippen molar-refractivity contribution in [3.05, 3.63) is 23.2 Å². The Kier molecular flexibility index (Phi) is 6.67. The summed E-state index contributed by atoms with van der Waals surface area (Å²) in [4.78, 5) is 11.8. The molecule has 2 N–H and O–H groups in total. The molecule has 0 spiro atoms. The summed E-state index contributed by atoms with van der Waals surface area (Å²) in [6.07, 6.45) is 0.981. The van der Waals surface area contributed by atoms with Crippen molar-refractivity contribution in [3.8, 4) is 5.75 Å².